The number of rotatable bonds is 0. The van der Waals surface area contributed by atoms with Crippen molar-refractivity contribution in [3.05, 3.63) is 4.91 Å². The topological polar surface area (TPSA) is 62.5 Å². The van der Waals surface area contributed by atoms with Gasteiger partial charge in [-0.15, -0.1) is 4.91 Å². The maximum Gasteiger partial charge on any atom is 0.347 e. The number of nitrogens with one attached hydrogen (secondary N) is 1. The van der Waals surface area contributed by atoms with E-state index in [9.17, 15) is 0 Å². The van der Waals surface area contributed by atoms with Crippen molar-refractivity contribution in [2.75, 3.05) is 7.11 Å². The summed E-state index contributed by atoms with van der Waals surface area (Å²) in [7, 11) is 1.21. The van der Waals surface area contributed by atoms with Crippen LogP contribution in [0.5, 0.6) is 0 Å². The third-order valence-electron chi connectivity index (χ3n) is 0.276. The van der Waals surface area contributed by atoms with Crippen LogP contribution in [0.4, 0.5) is 0 Å². The Morgan fingerprint density at radius 3 is 2.50 bits per heavy atom. The third kappa shape index (κ3) is 1.40. The van der Waals surface area contributed by atoms with Gasteiger partial charge in [-0.25, -0.2) is 5.41 Å². The van der Waals surface area contributed by atoms with Crippen molar-refractivity contribution in [2.24, 2.45) is 5.18 Å². The molecule has 0 fully saturated rings. The van der Waals surface area contributed by atoms with Crippen LogP contribution in [0.1, 0.15) is 0 Å². The summed E-state index contributed by atoms with van der Waals surface area (Å²) < 4.78 is 4.00. The highest BCUT2D eigenvalue weighted by Gasteiger charge is 1.82. The molecular formula is C2H4N2O2. The van der Waals surface area contributed by atoms with E-state index in [4.69, 9.17) is 10.3 Å². The minimum atomic E-state index is -0.588. The molecule has 0 aromatic rings. The Labute approximate surface area is 34.6 Å². The van der Waals surface area contributed by atoms with E-state index >= 15 is 0 Å². The van der Waals surface area contributed by atoms with Crippen LogP contribution in [0.15, 0.2) is 5.18 Å². The van der Waals surface area contributed by atoms with Gasteiger partial charge in [-0.2, -0.15) is 0 Å². The van der Waals surface area contributed by atoms with Crippen LogP contribution >= 0.6 is 0 Å². The van der Waals surface area contributed by atoms with Crippen LogP contribution in [0.3, 0.4) is 0 Å². The van der Waals surface area contributed by atoms with Crippen molar-refractivity contribution in [2.45, 2.75) is 0 Å². The Balaban J connectivity index is 3.23. The molecule has 0 saturated heterocycles. The molecule has 0 spiro atoms. The first-order chi connectivity index (χ1) is 2.81. The second kappa shape index (κ2) is 2.32. The van der Waals surface area contributed by atoms with Gasteiger partial charge in [-0.05, 0) is 0 Å². The molecule has 0 aromatic heterocycles. The third-order valence-corrected chi connectivity index (χ3v) is 0.276. The largest absolute Gasteiger partial charge is 0.465 e. The zero-order valence-electron chi connectivity index (χ0n) is 3.26. The number of ether oxygens (including phenoxy) is 1. The predicted molar refractivity (Wildman–Crippen MR) is 20.5 cm³/mol. The molecule has 0 amide bonds. The van der Waals surface area contributed by atoms with E-state index in [0.717, 1.165) is 0 Å². The minimum Gasteiger partial charge on any atom is -0.465 e. The molecule has 34 valence electrons. The molecule has 0 saturated carbocycles. The summed E-state index contributed by atoms with van der Waals surface area (Å²) in [4.78, 5) is 9.14. The maximum absolute atomic E-state index is 9.14. The lowest BCUT2D eigenvalue weighted by molar-refractivity contribution is 0.393. The van der Waals surface area contributed by atoms with Crippen LogP contribution in [-0.4, -0.2) is 13.1 Å². The van der Waals surface area contributed by atoms with Gasteiger partial charge >= 0.3 is 6.02 Å². The zero-order chi connectivity index (χ0) is 4.99. The molecule has 1 N–H and O–H groups in total. The molecule has 0 bridgehead atoms. The van der Waals surface area contributed by atoms with Crippen LogP contribution < -0.4 is 0 Å². The van der Waals surface area contributed by atoms with E-state index in [0.29, 0.717) is 0 Å². The molecule has 6 heavy (non-hydrogen) atoms. The molecule has 0 aromatic carbocycles. The lowest BCUT2D eigenvalue weighted by Crippen LogP contribution is -1.89. The molecule has 4 nitrogen and oxygen atoms in total. The summed E-state index contributed by atoms with van der Waals surface area (Å²) >= 11 is 0. The number of nitrogens with zero attached hydrogens (tertiary/aromatic N) is 1. The Bertz CT molecular complexity index is 69.9. The van der Waals surface area contributed by atoms with Crippen LogP contribution in [-0.2, 0) is 4.74 Å². The van der Waals surface area contributed by atoms with E-state index < -0.39 is 6.02 Å². The van der Waals surface area contributed by atoms with E-state index in [2.05, 4.69) is 9.91 Å². The molecule has 0 heterocycles. The average molecular weight is 88.1 g/mol. The van der Waals surface area contributed by atoms with Gasteiger partial charge in [-0.1, -0.05) is 0 Å². The van der Waals surface area contributed by atoms with Crippen LogP contribution in [0.2, 0.25) is 0 Å². The number of hydrogen-bond acceptors (Lipinski definition) is 3. The molecular weight excluding hydrogens is 84.0 g/mol. The summed E-state index contributed by atoms with van der Waals surface area (Å²) in [6.07, 6.45) is 0. The van der Waals surface area contributed by atoms with Crippen molar-refractivity contribution < 1.29 is 4.74 Å². The number of methoxy groups -OCH3 is 1. The summed E-state index contributed by atoms with van der Waals surface area (Å²) in [5.74, 6) is 0. The first kappa shape index (κ1) is 5.07. The van der Waals surface area contributed by atoms with Gasteiger partial charge in [0.05, 0.1) is 7.11 Å². The predicted octanol–water partition coefficient (Wildman–Crippen LogP) is 0.334. The first-order valence-electron chi connectivity index (χ1n) is 1.27. The van der Waals surface area contributed by atoms with Gasteiger partial charge < -0.3 is 4.74 Å². The van der Waals surface area contributed by atoms with Gasteiger partial charge in [0.1, 0.15) is 0 Å². The fraction of sp³-hybridized carbons (Fsp3) is 0.500. The normalized spacial score (nSPS) is 6.83. The van der Waals surface area contributed by atoms with Crippen molar-refractivity contribution in [3.8, 4) is 0 Å². The van der Waals surface area contributed by atoms with E-state index in [1.165, 1.54) is 7.11 Å². The highest BCUT2D eigenvalue weighted by atomic mass is 16.5. The SMILES string of the molecule is COC(=N)N=O. The highest BCUT2D eigenvalue weighted by molar-refractivity contribution is 5.70. The second-order valence-electron chi connectivity index (χ2n) is 0.601. The monoisotopic (exact) mass is 88.0 g/mol. The summed E-state index contributed by atoms with van der Waals surface area (Å²) in [5, 5.41) is 8.40. The lowest BCUT2D eigenvalue weighted by atomic mass is 11.2. The average Bonchev–Trinajstić information content (AvgIpc) is 1.65. The summed E-state index contributed by atoms with van der Waals surface area (Å²) in [6, 6.07) is -0.588. The fourth-order valence-electron chi connectivity index (χ4n) is 0.0373. The van der Waals surface area contributed by atoms with Crippen LogP contribution in [0.25, 0.3) is 0 Å². The van der Waals surface area contributed by atoms with Crippen LogP contribution in [0, 0.1) is 10.3 Å². The number of hydrogen-bond donors (Lipinski definition) is 1. The number of nitroso groups, excluding NO2 is 1. The van der Waals surface area contributed by atoms with Gasteiger partial charge in [0, 0.05) is 5.18 Å². The zero-order valence-corrected chi connectivity index (χ0v) is 3.26. The lowest BCUT2D eigenvalue weighted by Gasteiger charge is -1.82. The molecule has 0 rings (SSSR count). The summed E-state index contributed by atoms with van der Waals surface area (Å²) in [5.41, 5.74) is 0. The highest BCUT2D eigenvalue weighted by Crippen LogP contribution is 1.69. The Morgan fingerprint density at radius 2 is 2.50 bits per heavy atom. The standard InChI is InChI=1S/C2H4N2O2/c1-6-2(3)4-5/h3H,1H3. The molecule has 0 radical (unpaired) electrons. The quantitative estimate of drug-likeness (QED) is 0.263. The molecule has 0 aliphatic rings. The van der Waals surface area contributed by atoms with Crippen molar-refractivity contribution in [1.82, 2.24) is 0 Å². The second-order valence-corrected chi connectivity index (χ2v) is 0.601. The smallest absolute Gasteiger partial charge is 0.347 e. The van der Waals surface area contributed by atoms with E-state index in [1.54, 1.807) is 0 Å². The maximum atomic E-state index is 9.14. The molecule has 0 aliphatic heterocycles. The fourth-order valence-corrected chi connectivity index (χ4v) is 0.0373. The summed E-state index contributed by atoms with van der Waals surface area (Å²) in [6.45, 7) is 0. The molecule has 0 atom stereocenters. The van der Waals surface area contributed by atoms with Gasteiger partial charge in [0.2, 0.25) is 0 Å². The van der Waals surface area contributed by atoms with E-state index in [-0.39, 0.29) is 0 Å². The Morgan fingerprint density at radius 1 is 2.00 bits per heavy atom. The number of amidine groups is 1. The van der Waals surface area contributed by atoms with Crippen molar-refractivity contribution in [1.29, 1.82) is 5.41 Å². The van der Waals surface area contributed by atoms with Gasteiger partial charge in [0.25, 0.3) is 0 Å². The Kier molecular flexibility index (Phi) is 1.96. The van der Waals surface area contributed by atoms with Gasteiger partial charge in [0.15, 0.2) is 0 Å². The van der Waals surface area contributed by atoms with Crippen molar-refractivity contribution >= 4 is 6.02 Å². The molecule has 0 unspecified atom stereocenters. The minimum absolute atomic E-state index is 0.588. The first-order valence-corrected chi connectivity index (χ1v) is 1.27. The molecule has 0 aliphatic carbocycles. The molecule has 4 heteroatoms. The van der Waals surface area contributed by atoms with E-state index in [1.807, 2.05) is 0 Å². The van der Waals surface area contributed by atoms with Crippen molar-refractivity contribution in [3.63, 3.8) is 0 Å². The van der Waals surface area contributed by atoms with Gasteiger partial charge in [-0.3, -0.25) is 0 Å². The Hall–Kier alpha value is -0.930.